The van der Waals surface area contributed by atoms with E-state index in [0.717, 1.165) is 0 Å². The Morgan fingerprint density at radius 2 is 2.00 bits per heavy atom. The summed E-state index contributed by atoms with van der Waals surface area (Å²) in [5.74, 6) is -0.935. The first kappa shape index (κ1) is 11.9. The molecule has 4 heteroatoms. The molecule has 0 radical (unpaired) electrons. The number of hydrogen-bond acceptors (Lipinski definition) is 3. The van der Waals surface area contributed by atoms with Crippen LogP contribution in [0.5, 0.6) is 0 Å². The van der Waals surface area contributed by atoms with E-state index in [1.165, 1.54) is 6.92 Å². The Bertz CT molecular complexity index is 97.6. The van der Waals surface area contributed by atoms with Gasteiger partial charge in [0.1, 0.15) is 0 Å². The lowest BCUT2D eigenvalue weighted by Gasteiger charge is -1.79. The molecule has 0 unspecified atom stereocenters. The second kappa shape index (κ2) is 8.13. The van der Waals surface area contributed by atoms with Crippen molar-refractivity contribution < 1.29 is 14.6 Å². The molecule has 3 N–H and O–H groups in total. The molecule has 0 aromatic carbocycles. The number of rotatable bonds is 2. The van der Waals surface area contributed by atoms with Crippen molar-refractivity contribution >= 4 is 5.97 Å². The van der Waals surface area contributed by atoms with E-state index < -0.39 is 5.97 Å². The summed E-state index contributed by atoms with van der Waals surface area (Å²) in [6.07, 6.45) is 0. The van der Waals surface area contributed by atoms with Crippen molar-refractivity contribution in [2.45, 2.75) is 6.92 Å². The van der Waals surface area contributed by atoms with Crippen molar-refractivity contribution in [3.8, 4) is 0 Å². The predicted octanol–water partition coefficient (Wildman–Crippen LogP) is 0.196. The lowest BCUT2D eigenvalue weighted by molar-refractivity contribution is -0.132. The molecule has 10 heavy (non-hydrogen) atoms. The van der Waals surface area contributed by atoms with Crippen LogP contribution in [0.3, 0.4) is 0 Å². The van der Waals surface area contributed by atoms with Gasteiger partial charge >= 0.3 is 5.97 Å². The van der Waals surface area contributed by atoms with Gasteiger partial charge < -0.3 is 15.6 Å². The highest BCUT2D eigenvalue weighted by atomic mass is 16.5. The fourth-order valence-corrected chi connectivity index (χ4v) is 0. The van der Waals surface area contributed by atoms with Crippen molar-refractivity contribution in [3.63, 3.8) is 0 Å². The summed E-state index contributed by atoms with van der Waals surface area (Å²) in [5.41, 5.74) is 4.98. The van der Waals surface area contributed by atoms with E-state index in [9.17, 15) is 4.79 Å². The Morgan fingerprint density at radius 3 is 2.00 bits per heavy atom. The number of carboxylic acids is 1. The van der Waals surface area contributed by atoms with Gasteiger partial charge in [-0.3, -0.25) is 0 Å². The molecule has 0 aliphatic carbocycles. The van der Waals surface area contributed by atoms with Crippen molar-refractivity contribution in [3.05, 3.63) is 12.2 Å². The van der Waals surface area contributed by atoms with E-state index in [4.69, 9.17) is 10.8 Å². The maximum atomic E-state index is 9.60. The number of nitrogens with two attached hydrogens (primary N) is 1. The first-order valence-corrected chi connectivity index (χ1v) is 2.64. The van der Waals surface area contributed by atoms with E-state index in [0.29, 0.717) is 6.73 Å². The minimum absolute atomic E-state index is 0.176. The smallest absolute Gasteiger partial charge is 0.330 e. The summed E-state index contributed by atoms with van der Waals surface area (Å²) in [7, 11) is 1.56. The lowest BCUT2D eigenvalue weighted by atomic mass is 10.4. The summed E-state index contributed by atoms with van der Waals surface area (Å²) in [4.78, 5) is 9.60. The molecule has 0 amide bonds. The normalized spacial score (nSPS) is 7.50. The maximum absolute atomic E-state index is 9.60. The van der Waals surface area contributed by atoms with E-state index >= 15 is 0 Å². The largest absolute Gasteiger partial charge is 0.478 e. The molecule has 0 rings (SSSR count). The number of methoxy groups -OCH3 is 1. The highest BCUT2D eigenvalue weighted by molar-refractivity contribution is 5.84. The third kappa shape index (κ3) is 15.7. The Balaban J connectivity index is 0. The molecule has 0 aromatic heterocycles. The molecular formula is C6H13NO3. The third-order valence-electron chi connectivity index (χ3n) is 0.532. The zero-order chi connectivity index (χ0) is 8.57. The third-order valence-corrected chi connectivity index (χ3v) is 0.532. The first-order chi connectivity index (χ1) is 4.56. The van der Waals surface area contributed by atoms with Crippen molar-refractivity contribution in [2.75, 3.05) is 13.8 Å². The molecule has 0 saturated carbocycles. The number of hydrogen-bond donors (Lipinski definition) is 2. The Labute approximate surface area is 60.3 Å². The maximum Gasteiger partial charge on any atom is 0.330 e. The Hall–Kier alpha value is -0.870. The molecule has 0 aliphatic heterocycles. The van der Waals surface area contributed by atoms with Gasteiger partial charge in [0.05, 0.1) is 6.73 Å². The van der Waals surface area contributed by atoms with Crippen LogP contribution in [0.1, 0.15) is 6.92 Å². The average Bonchev–Trinajstić information content (AvgIpc) is 1.89. The van der Waals surface area contributed by atoms with Crippen LogP contribution in [0.4, 0.5) is 0 Å². The molecule has 60 valence electrons. The van der Waals surface area contributed by atoms with E-state index in [2.05, 4.69) is 11.3 Å². The Kier molecular flexibility index (Phi) is 9.65. The van der Waals surface area contributed by atoms with Crippen LogP contribution >= 0.6 is 0 Å². The highest BCUT2D eigenvalue weighted by Gasteiger charge is 1.90. The van der Waals surface area contributed by atoms with Gasteiger partial charge in [-0.2, -0.15) is 0 Å². The first-order valence-electron chi connectivity index (χ1n) is 2.64. The highest BCUT2D eigenvalue weighted by Crippen LogP contribution is 1.81. The van der Waals surface area contributed by atoms with Gasteiger partial charge in [0.15, 0.2) is 0 Å². The zero-order valence-corrected chi connectivity index (χ0v) is 6.26. The number of ether oxygens (including phenoxy) is 1. The molecule has 0 spiro atoms. The minimum Gasteiger partial charge on any atom is -0.478 e. The van der Waals surface area contributed by atoms with Gasteiger partial charge in [0.25, 0.3) is 0 Å². The summed E-state index contributed by atoms with van der Waals surface area (Å²) in [6.45, 7) is 4.92. The van der Waals surface area contributed by atoms with Crippen LogP contribution in [0.25, 0.3) is 0 Å². The monoisotopic (exact) mass is 147 g/mol. The van der Waals surface area contributed by atoms with Crippen molar-refractivity contribution in [2.24, 2.45) is 5.73 Å². The van der Waals surface area contributed by atoms with Crippen LogP contribution in [-0.2, 0) is 9.53 Å². The second-order valence-electron chi connectivity index (χ2n) is 1.54. The van der Waals surface area contributed by atoms with Gasteiger partial charge in [0, 0.05) is 12.7 Å². The fraction of sp³-hybridized carbons (Fsp3) is 0.500. The predicted molar refractivity (Wildman–Crippen MR) is 38.5 cm³/mol. The number of carbonyl (C=O) groups is 1. The summed E-state index contributed by atoms with van der Waals surface area (Å²) in [5, 5.41) is 7.89. The quantitative estimate of drug-likeness (QED) is 0.432. The summed E-state index contributed by atoms with van der Waals surface area (Å²) < 4.78 is 4.32. The summed E-state index contributed by atoms with van der Waals surface area (Å²) in [6, 6.07) is 0. The van der Waals surface area contributed by atoms with Gasteiger partial charge in [-0.1, -0.05) is 6.58 Å². The molecule has 0 atom stereocenters. The zero-order valence-electron chi connectivity index (χ0n) is 6.26. The standard InChI is InChI=1S/C4H6O2.C2H7NO/c1-3(2)4(5)6;1-4-2-3/h1H2,2H3,(H,5,6);2-3H2,1H3. The molecule has 0 aliphatic rings. The molecular weight excluding hydrogens is 134 g/mol. The fourth-order valence-electron chi connectivity index (χ4n) is 0. The SMILES string of the molecule is C=C(C)C(=O)O.COCN. The van der Waals surface area contributed by atoms with Crippen molar-refractivity contribution in [1.29, 1.82) is 0 Å². The molecule has 0 bridgehead atoms. The Morgan fingerprint density at radius 1 is 1.80 bits per heavy atom. The van der Waals surface area contributed by atoms with E-state index in [-0.39, 0.29) is 5.57 Å². The number of aliphatic carboxylic acids is 1. The van der Waals surface area contributed by atoms with Gasteiger partial charge in [-0.15, -0.1) is 0 Å². The van der Waals surface area contributed by atoms with Crippen LogP contribution < -0.4 is 5.73 Å². The van der Waals surface area contributed by atoms with Crippen LogP contribution in [0, 0.1) is 0 Å². The number of carboxylic acid groups (broad SMARTS) is 1. The summed E-state index contributed by atoms with van der Waals surface area (Å²) >= 11 is 0. The van der Waals surface area contributed by atoms with Gasteiger partial charge in [0.2, 0.25) is 0 Å². The molecule has 0 aromatic rings. The average molecular weight is 147 g/mol. The second-order valence-corrected chi connectivity index (χ2v) is 1.54. The van der Waals surface area contributed by atoms with Crippen molar-refractivity contribution in [1.82, 2.24) is 0 Å². The lowest BCUT2D eigenvalue weighted by Crippen LogP contribution is -1.98. The van der Waals surface area contributed by atoms with Crippen LogP contribution in [0.15, 0.2) is 12.2 Å². The van der Waals surface area contributed by atoms with E-state index in [1.54, 1.807) is 7.11 Å². The molecule has 0 heterocycles. The minimum atomic E-state index is -0.935. The molecule has 0 saturated heterocycles. The molecule has 4 nitrogen and oxygen atoms in total. The van der Waals surface area contributed by atoms with Gasteiger partial charge in [-0.25, -0.2) is 4.79 Å². The van der Waals surface area contributed by atoms with Crippen LogP contribution in [0.2, 0.25) is 0 Å². The van der Waals surface area contributed by atoms with Gasteiger partial charge in [-0.05, 0) is 6.92 Å². The van der Waals surface area contributed by atoms with E-state index in [1.807, 2.05) is 0 Å². The molecule has 0 fully saturated rings. The van der Waals surface area contributed by atoms with Crippen LogP contribution in [-0.4, -0.2) is 24.9 Å². The topological polar surface area (TPSA) is 72.5 Å².